The predicted molar refractivity (Wildman–Crippen MR) is 205 cm³/mol. The van der Waals surface area contributed by atoms with Gasteiger partial charge < -0.3 is 43.3 Å². The zero-order valence-corrected chi connectivity index (χ0v) is 34.8. The third-order valence-corrected chi connectivity index (χ3v) is 12.6. The number of anilines is 2. The van der Waals surface area contributed by atoms with Gasteiger partial charge in [-0.05, 0) is 79.3 Å². The lowest BCUT2D eigenvalue weighted by Gasteiger charge is -2.47. The Morgan fingerprint density at radius 3 is 2.25 bits per heavy atom. The first-order chi connectivity index (χ1) is 26.3. The van der Waals surface area contributed by atoms with Gasteiger partial charge >= 0.3 is 12.1 Å². The molecular formula is C41H62FN3O11. The van der Waals surface area contributed by atoms with Crippen LogP contribution in [0.4, 0.5) is 20.6 Å². The van der Waals surface area contributed by atoms with Crippen LogP contribution in [-0.2, 0) is 42.8 Å². The Morgan fingerprint density at radius 1 is 1.00 bits per heavy atom. The van der Waals surface area contributed by atoms with Crippen LogP contribution < -0.4 is 9.80 Å². The van der Waals surface area contributed by atoms with E-state index in [9.17, 15) is 24.3 Å². The molecule has 1 aromatic carbocycles. The summed E-state index contributed by atoms with van der Waals surface area (Å²) in [6, 6.07) is 3.12. The number of halogens is 1. The molecule has 15 heteroatoms. The Balaban J connectivity index is 1.57. The number of cyclic esters (lactones) is 1. The van der Waals surface area contributed by atoms with Crippen LogP contribution in [0.2, 0.25) is 0 Å². The second-order valence-corrected chi connectivity index (χ2v) is 16.8. The molecule has 4 fully saturated rings. The lowest BCUT2D eigenvalue weighted by molar-refractivity contribution is -0.295. The number of aliphatic hydroxyl groups is 1. The van der Waals surface area contributed by atoms with Gasteiger partial charge in [0.15, 0.2) is 17.7 Å². The molecule has 1 N–H and O–H groups in total. The lowest BCUT2D eigenvalue weighted by Crippen LogP contribution is -2.60. The number of amides is 1. The van der Waals surface area contributed by atoms with Crippen LogP contribution in [0.15, 0.2) is 18.2 Å². The van der Waals surface area contributed by atoms with Gasteiger partial charge in [-0.15, -0.1) is 0 Å². The standard InChI is InChI=1S/C41H62FN3O11/c1-12-31-41(8)35(45(39(50)56-41)27-13-14-29(28(42)20-27)44-15-17-52-18-16-44)24(4)32(46)22(2)21-40(7,51-11)36(25(5)33(47)26(6)37(49)54-31)55-38-34(48)30(43(9)10)19-23(3)53-38/h13-14,20,22-26,30-31,34-36,38,48H,12,15-19,21H2,1-11H3/t22-,23-,24+,25+,26-,30+,31-,34?,35-,36-,38?,40-,41-/m1/s1. The van der Waals surface area contributed by atoms with Gasteiger partial charge in [0.2, 0.25) is 0 Å². The van der Waals surface area contributed by atoms with Gasteiger partial charge in [0.1, 0.15) is 29.7 Å². The Hall–Kier alpha value is -3.21. The molecule has 0 spiro atoms. The number of fused-ring (bicyclic) bond motifs is 1. The number of aliphatic hydroxyl groups excluding tert-OH is 1. The average Bonchev–Trinajstić information content (AvgIpc) is 3.44. The number of esters is 1. The van der Waals surface area contributed by atoms with Crippen molar-refractivity contribution in [3.05, 3.63) is 24.0 Å². The van der Waals surface area contributed by atoms with E-state index in [1.165, 1.54) is 25.0 Å². The van der Waals surface area contributed by atoms with Crippen LogP contribution >= 0.6 is 0 Å². The number of likely N-dealkylation sites (N-methyl/N-ethyl adjacent to an activating group) is 1. The molecule has 4 aliphatic heterocycles. The highest BCUT2D eigenvalue weighted by Gasteiger charge is 2.61. The van der Waals surface area contributed by atoms with E-state index in [1.807, 2.05) is 30.8 Å². The number of methoxy groups -OCH3 is 1. The van der Waals surface area contributed by atoms with Crippen molar-refractivity contribution in [1.29, 1.82) is 0 Å². The van der Waals surface area contributed by atoms with E-state index in [-0.39, 0.29) is 36.5 Å². The molecule has 0 aliphatic carbocycles. The largest absolute Gasteiger partial charge is 0.458 e. The SMILES string of the molecule is CC[C@H]1OC(=O)[C@H](C)C(=O)[C@H](C)[C@@H](OC2O[C@H](C)C[C@H](N(C)C)C2O)[C@](C)(OC)C[C@@H](C)C(=O)[C@H](C)[C@H]2N(c3ccc(N4CCOCC4)c(F)c3)C(=O)O[C@]12C. The van der Waals surface area contributed by atoms with Crippen LogP contribution in [0.5, 0.6) is 0 Å². The Labute approximate surface area is 330 Å². The van der Waals surface area contributed by atoms with Crippen LogP contribution in [0.3, 0.4) is 0 Å². The fourth-order valence-electron chi connectivity index (χ4n) is 9.34. The van der Waals surface area contributed by atoms with Crippen LogP contribution in [0.25, 0.3) is 0 Å². The molecule has 13 atom stereocenters. The van der Waals surface area contributed by atoms with E-state index in [2.05, 4.69) is 0 Å². The predicted octanol–water partition coefficient (Wildman–Crippen LogP) is 4.37. The highest BCUT2D eigenvalue weighted by atomic mass is 19.1. The second kappa shape index (κ2) is 17.3. The van der Waals surface area contributed by atoms with Crippen LogP contribution in [-0.4, -0.2) is 135 Å². The van der Waals surface area contributed by atoms with E-state index >= 15 is 4.39 Å². The number of carbonyl (C=O) groups is 4. The van der Waals surface area contributed by atoms with Crippen molar-refractivity contribution in [1.82, 2.24) is 4.90 Å². The molecule has 4 saturated heterocycles. The zero-order chi connectivity index (χ0) is 41.4. The van der Waals surface area contributed by atoms with E-state index < -0.39 is 89.2 Å². The van der Waals surface area contributed by atoms with Crippen LogP contribution in [0, 0.1) is 29.5 Å². The topological polar surface area (TPSA) is 154 Å². The molecule has 56 heavy (non-hydrogen) atoms. The zero-order valence-electron chi connectivity index (χ0n) is 34.8. The molecule has 0 saturated carbocycles. The van der Waals surface area contributed by atoms with Gasteiger partial charge in [-0.1, -0.05) is 27.7 Å². The van der Waals surface area contributed by atoms with Crippen molar-refractivity contribution in [3.8, 4) is 0 Å². The molecule has 0 radical (unpaired) electrons. The summed E-state index contributed by atoms with van der Waals surface area (Å²) in [6.07, 6.45) is -4.74. The van der Waals surface area contributed by atoms with E-state index in [0.717, 1.165) is 0 Å². The fourth-order valence-corrected chi connectivity index (χ4v) is 9.34. The maximum Gasteiger partial charge on any atom is 0.415 e. The number of nitrogens with zero attached hydrogens (tertiary/aromatic N) is 3. The molecule has 0 bridgehead atoms. The van der Waals surface area contributed by atoms with Gasteiger partial charge in [0, 0.05) is 44.0 Å². The van der Waals surface area contributed by atoms with Crippen molar-refractivity contribution in [2.24, 2.45) is 23.7 Å². The van der Waals surface area contributed by atoms with Gasteiger partial charge in [-0.2, -0.15) is 0 Å². The Bertz CT molecular complexity index is 1610. The molecule has 1 aromatic rings. The number of benzene rings is 1. The molecule has 5 rings (SSSR count). The summed E-state index contributed by atoms with van der Waals surface area (Å²) in [6.45, 7) is 15.4. The number of hydrogen-bond donors (Lipinski definition) is 1. The molecule has 1 amide bonds. The minimum absolute atomic E-state index is 0.0571. The van der Waals surface area contributed by atoms with Crippen molar-refractivity contribution in [2.75, 3.05) is 57.3 Å². The summed E-state index contributed by atoms with van der Waals surface area (Å²) in [5, 5.41) is 11.4. The number of morpholine rings is 1. The maximum atomic E-state index is 15.9. The lowest BCUT2D eigenvalue weighted by atomic mass is 9.73. The van der Waals surface area contributed by atoms with Crippen molar-refractivity contribution in [2.45, 2.75) is 129 Å². The summed E-state index contributed by atoms with van der Waals surface area (Å²) in [5.74, 6) is -6.12. The highest BCUT2D eigenvalue weighted by Crippen LogP contribution is 2.45. The minimum Gasteiger partial charge on any atom is -0.458 e. The monoisotopic (exact) mass is 791 g/mol. The number of rotatable bonds is 7. The Kier molecular flexibility index (Phi) is 13.6. The van der Waals surface area contributed by atoms with E-state index in [1.54, 1.807) is 53.7 Å². The molecule has 4 aliphatic rings. The highest BCUT2D eigenvalue weighted by molar-refractivity contribution is 6.00. The fraction of sp³-hybridized carbons (Fsp3) is 0.756. The van der Waals surface area contributed by atoms with Crippen LogP contribution in [0.1, 0.15) is 74.7 Å². The molecule has 314 valence electrons. The number of ether oxygens (including phenoxy) is 6. The van der Waals surface area contributed by atoms with Gasteiger partial charge in [0.25, 0.3) is 0 Å². The Morgan fingerprint density at radius 2 is 1.66 bits per heavy atom. The summed E-state index contributed by atoms with van der Waals surface area (Å²) < 4.78 is 52.3. The number of Topliss-reactive ketones (excluding diaryl/α,β-unsaturated/α-hetero) is 2. The second-order valence-electron chi connectivity index (χ2n) is 16.8. The molecule has 0 aromatic heterocycles. The first-order valence-corrected chi connectivity index (χ1v) is 19.9. The molecule has 14 nitrogen and oxygen atoms in total. The van der Waals surface area contributed by atoms with Gasteiger partial charge in [-0.3, -0.25) is 19.3 Å². The van der Waals surface area contributed by atoms with E-state index in [0.29, 0.717) is 38.4 Å². The summed E-state index contributed by atoms with van der Waals surface area (Å²) in [5.41, 5.74) is -2.38. The molecule has 2 unspecified atom stereocenters. The van der Waals surface area contributed by atoms with Crippen molar-refractivity contribution >= 4 is 35.0 Å². The summed E-state index contributed by atoms with van der Waals surface area (Å²) >= 11 is 0. The van der Waals surface area contributed by atoms with Gasteiger partial charge in [-0.25, -0.2) is 9.18 Å². The maximum absolute atomic E-state index is 15.9. The quantitative estimate of drug-likeness (QED) is 0.308. The van der Waals surface area contributed by atoms with Crippen molar-refractivity contribution in [3.63, 3.8) is 0 Å². The third kappa shape index (κ3) is 8.35. The number of ketones is 2. The summed E-state index contributed by atoms with van der Waals surface area (Å²) in [7, 11) is 5.17. The number of carbonyl (C=O) groups excluding carboxylic acids is 4. The van der Waals surface area contributed by atoms with Crippen molar-refractivity contribution < 1.29 is 57.1 Å². The molecular weight excluding hydrogens is 729 g/mol. The normalized spacial score (nSPS) is 39.3. The first-order valence-electron chi connectivity index (χ1n) is 19.9. The average molecular weight is 792 g/mol. The third-order valence-electron chi connectivity index (χ3n) is 12.6. The first kappa shape index (κ1) is 43.9. The smallest absolute Gasteiger partial charge is 0.415 e. The van der Waals surface area contributed by atoms with E-state index in [4.69, 9.17) is 28.4 Å². The number of hydrogen-bond acceptors (Lipinski definition) is 13. The molecule has 4 heterocycles. The summed E-state index contributed by atoms with van der Waals surface area (Å²) in [4.78, 5) is 62.1. The van der Waals surface area contributed by atoms with Gasteiger partial charge in [0.05, 0.1) is 48.4 Å². The minimum atomic E-state index is -1.58.